The number of hydrogen-bond donors (Lipinski definition) is 2. The Morgan fingerprint density at radius 3 is 2.67 bits per heavy atom. The first kappa shape index (κ1) is 18.1. The zero-order chi connectivity index (χ0) is 19.4. The summed E-state index contributed by atoms with van der Waals surface area (Å²) in [6.45, 7) is 8.45. The van der Waals surface area contributed by atoms with Gasteiger partial charge in [0.15, 0.2) is 6.29 Å². The van der Waals surface area contributed by atoms with Gasteiger partial charge in [0.2, 0.25) is 6.29 Å². The fraction of sp³-hybridized carbons (Fsp3) is 0.857. The first-order chi connectivity index (χ1) is 12.7. The van der Waals surface area contributed by atoms with Crippen molar-refractivity contribution in [2.45, 2.75) is 70.7 Å². The van der Waals surface area contributed by atoms with Crippen molar-refractivity contribution >= 4 is 5.97 Å². The Morgan fingerprint density at radius 1 is 1.22 bits per heavy atom. The number of aliphatic hydroxyl groups excluding tert-OH is 2. The third-order valence-corrected chi connectivity index (χ3v) is 8.76. The maximum atomic E-state index is 13.2. The van der Waals surface area contributed by atoms with Crippen LogP contribution in [0.1, 0.15) is 46.0 Å². The smallest absolute Gasteiger partial charge is 0.317 e. The number of esters is 1. The van der Waals surface area contributed by atoms with Gasteiger partial charge in [-0.05, 0) is 54.9 Å². The molecule has 150 valence electrons. The Labute approximate surface area is 159 Å². The lowest BCUT2D eigenvalue weighted by molar-refractivity contribution is -0.288. The summed E-state index contributed by atoms with van der Waals surface area (Å²) >= 11 is 0. The number of carbonyl (C=O) groups excluding carboxylic acids is 1. The molecule has 0 aromatic carbocycles. The van der Waals surface area contributed by atoms with Gasteiger partial charge in [0.1, 0.15) is 5.41 Å². The second-order valence-corrected chi connectivity index (χ2v) is 10.0. The van der Waals surface area contributed by atoms with Crippen LogP contribution in [0, 0.1) is 34.0 Å². The quantitative estimate of drug-likeness (QED) is 0.536. The normalized spacial score (nSPS) is 55.5. The lowest BCUT2D eigenvalue weighted by Crippen LogP contribution is -2.69. The third kappa shape index (κ3) is 1.84. The van der Waals surface area contributed by atoms with E-state index in [-0.39, 0.29) is 23.2 Å². The zero-order valence-electron chi connectivity index (χ0n) is 16.3. The van der Waals surface area contributed by atoms with E-state index in [1.54, 1.807) is 7.11 Å². The number of rotatable bonds is 1. The summed E-state index contributed by atoms with van der Waals surface area (Å²) in [4.78, 5) is 13.2. The molecule has 0 radical (unpaired) electrons. The Hall–Kier alpha value is -0.950. The van der Waals surface area contributed by atoms with Crippen molar-refractivity contribution in [1.29, 1.82) is 0 Å². The molecule has 6 heteroatoms. The molecule has 5 aliphatic rings. The molecule has 3 saturated carbocycles. The Bertz CT molecular complexity index is 703. The Balaban J connectivity index is 1.73. The molecule has 2 heterocycles. The summed E-state index contributed by atoms with van der Waals surface area (Å²) in [7, 11) is 1.60. The lowest BCUT2D eigenvalue weighted by Gasteiger charge is -2.62. The molecule has 27 heavy (non-hydrogen) atoms. The monoisotopic (exact) mass is 378 g/mol. The Kier molecular flexibility index (Phi) is 3.59. The highest BCUT2D eigenvalue weighted by Gasteiger charge is 2.80. The summed E-state index contributed by atoms with van der Waals surface area (Å²) in [5.41, 5.74) is -1.17. The van der Waals surface area contributed by atoms with E-state index in [9.17, 15) is 15.0 Å². The maximum absolute atomic E-state index is 13.2. The fourth-order valence-corrected chi connectivity index (χ4v) is 7.65. The molecule has 3 aliphatic carbocycles. The van der Waals surface area contributed by atoms with Crippen LogP contribution in [0.25, 0.3) is 0 Å². The molecule has 6 nitrogen and oxygen atoms in total. The summed E-state index contributed by atoms with van der Waals surface area (Å²) in [6.07, 6.45) is 0.725. The molecular formula is C21H30O6. The van der Waals surface area contributed by atoms with Gasteiger partial charge in [0.25, 0.3) is 0 Å². The zero-order valence-corrected chi connectivity index (χ0v) is 16.3. The van der Waals surface area contributed by atoms with Crippen LogP contribution in [0.5, 0.6) is 0 Å². The molecule has 0 unspecified atom stereocenters. The average Bonchev–Trinajstić information content (AvgIpc) is 3.08. The van der Waals surface area contributed by atoms with Gasteiger partial charge in [-0.1, -0.05) is 20.4 Å². The van der Waals surface area contributed by atoms with E-state index >= 15 is 0 Å². The van der Waals surface area contributed by atoms with Crippen LogP contribution in [0.15, 0.2) is 12.2 Å². The number of hydrogen-bond acceptors (Lipinski definition) is 6. The summed E-state index contributed by atoms with van der Waals surface area (Å²) in [6, 6.07) is 0. The number of fused-ring (bicyclic) bond motifs is 1. The van der Waals surface area contributed by atoms with E-state index in [0.29, 0.717) is 12.8 Å². The molecule has 0 aromatic rings. The first-order valence-corrected chi connectivity index (χ1v) is 10.2. The van der Waals surface area contributed by atoms with Crippen molar-refractivity contribution in [1.82, 2.24) is 0 Å². The van der Waals surface area contributed by atoms with Crippen molar-refractivity contribution < 1.29 is 29.2 Å². The van der Waals surface area contributed by atoms with Crippen LogP contribution < -0.4 is 0 Å². The lowest BCUT2D eigenvalue weighted by atomic mass is 9.43. The van der Waals surface area contributed by atoms with E-state index < -0.39 is 41.6 Å². The van der Waals surface area contributed by atoms with Crippen molar-refractivity contribution in [2.24, 2.45) is 34.0 Å². The SMILES string of the molecule is C=C1[C@@H]2CC[C@@H]3[C@](C2)(C(=O)O[C@@H]2O[C@@H](OC)[C@@H]4C(C)(C)CC[C@H](O)[C@@]243)[C@@H]1O. The maximum Gasteiger partial charge on any atom is 0.317 e. The van der Waals surface area contributed by atoms with Gasteiger partial charge in [0, 0.05) is 13.0 Å². The minimum atomic E-state index is -1.02. The van der Waals surface area contributed by atoms with E-state index in [2.05, 4.69) is 20.4 Å². The van der Waals surface area contributed by atoms with E-state index in [4.69, 9.17) is 14.2 Å². The van der Waals surface area contributed by atoms with Gasteiger partial charge in [0.05, 0.1) is 17.6 Å². The average molecular weight is 378 g/mol. The number of carbonyl (C=O) groups is 1. The molecule has 5 fully saturated rings. The van der Waals surface area contributed by atoms with Gasteiger partial charge < -0.3 is 24.4 Å². The van der Waals surface area contributed by atoms with Gasteiger partial charge in [-0.25, -0.2) is 0 Å². The van der Waals surface area contributed by atoms with Gasteiger partial charge in [-0.15, -0.1) is 0 Å². The van der Waals surface area contributed by atoms with Crippen LogP contribution in [0.2, 0.25) is 0 Å². The standard InChI is InChI=1S/C21H30O6/c1-10-11-5-6-12-20(9-11,15(10)23)17(24)27-18-21(12)13(22)7-8-19(2,3)14(21)16(25-4)26-18/h11-16,18,22-23H,1,5-9H2,2-4H3/t11-,12-,13+,14-,15-,16-,18+,20+,21-/m1/s1. The largest absolute Gasteiger partial charge is 0.434 e. The molecule has 2 spiro atoms. The second-order valence-electron chi connectivity index (χ2n) is 10.0. The highest BCUT2D eigenvalue weighted by molar-refractivity contribution is 5.81. The van der Waals surface area contributed by atoms with E-state index in [1.807, 2.05) is 0 Å². The number of aliphatic hydroxyl groups is 2. The minimum Gasteiger partial charge on any atom is -0.434 e. The molecule has 0 aromatic heterocycles. The molecule has 0 amide bonds. The highest BCUT2D eigenvalue weighted by atomic mass is 16.8. The molecule has 2 bridgehead atoms. The molecule has 2 N–H and O–H groups in total. The predicted molar refractivity (Wildman–Crippen MR) is 95.1 cm³/mol. The predicted octanol–water partition coefficient (Wildman–Crippen LogP) is 1.99. The van der Waals surface area contributed by atoms with Crippen LogP contribution in [0.4, 0.5) is 0 Å². The van der Waals surface area contributed by atoms with Crippen molar-refractivity contribution in [3.8, 4) is 0 Å². The number of ether oxygens (including phenoxy) is 3. The van der Waals surface area contributed by atoms with E-state index in [1.165, 1.54) is 0 Å². The fourth-order valence-electron chi connectivity index (χ4n) is 7.65. The summed E-state index contributed by atoms with van der Waals surface area (Å²) in [5.74, 6) is -0.577. The van der Waals surface area contributed by atoms with E-state index in [0.717, 1.165) is 24.8 Å². The Morgan fingerprint density at radius 2 is 1.96 bits per heavy atom. The summed E-state index contributed by atoms with van der Waals surface area (Å²) in [5, 5.41) is 22.5. The van der Waals surface area contributed by atoms with Gasteiger partial charge in [-0.3, -0.25) is 4.79 Å². The third-order valence-electron chi connectivity index (χ3n) is 8.76. The van der Waals surface area contributed by atoms with Crippen molar-refractivity contribution in [2.75, 3.05) is 7.11 Å². The molecule has 2 saturated heterocycles. The van der Waals surface area contributed by atoms with Gasteiger partial charge in [-0.2, -0.15) is 0 Å². The van der Waals surface area contributed by atoms with Crippen LogP contribution in [-0.2, 0) is 19.0 Å². The van der Waals surface area contributed by atoms with Crippen molar-refractivity contribution in [3.63, 3.8) is 0 Å². The van der Waals surface area contributed by atoms with Gasteiger partial charge >= 0.3 is 5.97 Å². The highest BCUT2D eigenvalue weighted by Crippen LogP contribution is 2.73. The van der Waals surface area contributed by atoms with Crippen LogP contribution in [0.3, 0.4) is 0 Å². The molecule has 9 atom stereocenters. The van der Waals surface area contributed by atoms with Crippen molar-refractivity contribution in [3.05, 3.63) is 12.2 Å². The molecular weight excluding hydrogens is 348 g/mol. The topological polar surface area (TPSA) is 85.2 Å². The second kappa shape index (κ2) is 5.35. The van der Waals surface area contributed by atoms with Crippen LogP contribution >= 0.6 is 0 Å². The summed E-state index contributed by atoms with van der Waals surface area (Å²) < 4.78 is 17.7. The minimum absolute atomic E-state index is 0.114. The number of methoxy groups -OCH3 is 1. The van der Waals surface area contributed by atoms with Crippen LogP contribution in [-0.4, -0.2) is 48.1 Å². The molecule has 2 aliphatic heterocycles. The first-order valence-electron chi connectivity index (χ1n) is 10.2. The molecule has 5 rings (SSSR count).